The van der Waals surface area contributed by atoms with Crippen molar-refractivity contribution >= 4 is 5.91 Å². The Labute approximate surface area is 160 Å². The van der Waals surface area contributed by atoms with Crippen molar-refractivity contribution in [2.45, 2.75) is 26.2 Å². The van der Waals surface area contributed by atoms with E-state index in [-0.39, 0.29) is 18.0 Å². The van der Waals surface area contributed by atoms with Crippen LogP contribution in [0.3, 0.4) is 0 Å². The monoisotopic (exact) mass is 385 g/mol. The molecule has 0 bridgehead atoms. The van der Waals surface area contributed by atoms with Crippen molar-refractivity contribution in [3.05, 3.63) is 77.0 Å². The van der Waals surface area contributed by atoms with Gasteiger partial charge in [-0.15, -0.1) is 0 Å². The lowest BCUT2D eigenvalue weighted by molar-refractivity contribution is -0.129. The third-order valence-electron chi connectivity index (χ3n) is 5.03. The van der Waals surface area contributed by atoms with E-state index in [1.807, 2.05) is 0 Å². The lowest BCUT2D eigenvalue weighted by Gasteiger charge is -2.27. The summed E-state index contributed by atoms with van der Waals surface area (Å²) in [5.41, 5.74) is 2.30. The standard InChI is InChI=1S/C21H18F3N3O/c1-13(28)26-11-10-19-17(12-26)20(14-6-8-15(22)9-7-14)25-27(19)21(24)16-4-2-3-5-18(16)23/h2-9,21H,10-12H2,1H3. The summed E-state index contributed by atoms with van der Waals surface area (Å²) < 4.78 is 43.9. The fraction of sp³-hybridized carbons (Fsp3) is 0.238. The Bertz CT molecular complexity index is 1030. The summed E-state index contributed by atoms with van der Waals surface area (Å²) in [7, 11) is 0. The predicted molar refractivity (Wildman–Crippen MR) is 98.1 cm³/mol. The van der Waals surface area contributed by atoms with Gasteiger partial charge in [0.25, 0.3) is 0 Å². The molecule has 0 spiro atoms. The molecule has 3 aromatic rings. The van der Waals surface area contributed by atoms with Crippen LogP contribution < -0.4 is 0 Å². The van der Waals surface area contributed by atoms with Crippen LogP contribution in [-0.2, 0) is 17.8 Å². The highest BCUT2D eigenvalue weighted by Crippen LogP contribution is 2.34. The second kappa shape index (κ2) is 7.14. The number of amides is 1. The average Bonchev–Trinajstić information content (AvgIpc) is 3.07. The molecule has 4 nitrogen and oxygen atoms in total. The van der Waals surface area contributed by atoms with Crippen LogP contribution >= 0.6 is 0 Å². The molecule has 0 saturated heterocycles. The minimum atomic E-state index is -1.80. The van der Waals surface area contributed by atoms with Crippen LogP contribution in [0, 0.1) is 11.6 Å². The molecule has 2 aromatic carbocycles. The molecule has 28 heavy (non-hydrogen) atoms. The maximum absolute atomic E-state index is 15.3. The van der Waals surface area contributed by atoms with E-state index in [0.717, 1.165) is 0 Å². The summed E-state index contributed by atoms with van der Waals surface area (Å²) in [4.78, 5) is 13.5. The number of rotatable bonds is 3. The number of hydrogen-bond donors (Lipinski definition) is 0. The highest BCUT2D eigenvalue weighted by atomic mass is 19.1. The third kappa shape index (κ3) is 3.17. The van der Waals surface area contributed by atoms with Gasteiger partial charge in [0.1, 0.15) is 11.6 Å². The minimum Gasteiger partial charge on any atom is -0.338 e. The highest BCUT2D eigenvalue weighted by Gasteiger charge is 2.30. The molecule has 1 atom stereocenters. The number of carbonyl (C=O) groups is 1. The fourth-order valence-electron chi connectivity index (χ4n) is 3.54. The molecule has 1 aliphatic heterocycles. The van der Waals surface area contributed by atoms with Gasteiger partial charge in [-0.1, -0.05) is 18.2 Å². The Morgan fingerprint density at radius 1 is 1.11 bits per heavy atom. The number of fused-ring (bicyclic) bond motifs is 1. The average molecular weight is 385 g/mol. The normalized spacial score (nSPS) is 14.6. The molecule has 1 amide bonds. The van der Waals surface area contributed by atoms with Crippen molar-refractivity contribution in [1.82, 2.24) is 14.7 Å². The van der Waals surface area contributed by atoms with Crippen LogP contribution in [0.4, 0.5) is 13.2 Å². The van der Waals surface area contributed by atoms with Crippen LogP contribution in [0.2, 0.25) is 0 Å². The van der Waals surface area contributed by atoms with Crippen molar-refractivity contribution in [3.8, 4) is 11.3 Å². The molecule has 0 radical (unpaired) electrons. The summed E-state index contributed by atoms with van der Waals surface area (Å²) in [5, 5.41) is 4.42. The van der Waals surface area contributed by atoms with Crippen molar-refractivity contribution in [2.75, 3.05) is 6.54 Å². The van der Waals surface area contributed by atoms with Crippen molar-refractivity contribution < 1.29 is 18.0 Å². The molecule has 2 heterocycles. The van der Waals surface area contributed by atoms with Gasteiger partial charge < -0.3 is 4.90 Å². The molecule has 1 unspecified atom stereocenters. The first kappa shape index (κ1) is 18.3. The maximum atomic E-state index is 15.3. The lowest BCUT2D eigenvalue weighted by atomic mass is 10.0. The van der Waals surface area contributed by atoms with Gasteiger partial charge in [-0.25, -0.2) is 17.9 Å². The van der Waals surface area contributed by atoms with E-state index in [9.17, 15) is 13.6 Å². The topological polar surface area (TPSA) is 38.1 Å². The van der Waals surface area contributed by atoms with Gasteiger partial charge in [0, 0.05) is 48.8 Å². The Morgan fingerprint density at radius 3 is 2.50 bits per heavy atom. The summed E-state index contributed by atoms with van der Waals surface area (Å²) in [6, 6.07) is 11.4. The van der Waals surface area contributed by atoms with E-state index >= 15 is 4.39 Å². The first-order chi connectivity index (χ1) is 13.5. The van der Waals surface area contributed by atoms with Crippen LogP contribution in [0.25, 0.3) is 11.3 Å². The second-order valence-corrected chi connectivity index (χ2v) is 6.77. The molecule has 1 aliphatic rings. The smallest absolute Gasteiger partial charge is 0.220 e. The Kier molecular flexibility index (Phi) is 4.66. The second-order valence-electron chi connectivity index (χ2n) is 6.77. The van der Waals surface area contributed by atoms with Crippen LogP contribution in [0.1, 0.15) is 30.0 Å². The van der Waals surface area contributed by atoms with E-state index < -0.39 is 17.9 Å². The summed E-state index contributed by atoms with van der Waals surface area (Å²) in [6.07, 6.45) is -1.40. The highest BCUT2D eigenvalue weighted by molar-refractivity contribution is 5.74. The fourth-order valence-corrected chi connectivity index (χ4v) is 3.54. The number of hydrogen-bond acceptors (Lipinski definition) is 2. The van der Waals surface area contributed by atoms with Crippen molar-refractivity contribution in [1.29, 1.82) is 0 Å². The van der Waals surface area contributed by atoms with Crippen LogP contribution in [0.15, 0.2) is 48.5 Å². The zero-order valence-corrected chi connectivity index (χ0v) is 15.2. The van der Waals surface area contributed by atoms with Gasteiger partial charge in [-0.3, -0.25) is 4.79 Å². The molecular formula is C21H18F3N3O. The minimum absolute atomic E-state index is 0.0886. The number of alkyl halides is 1. The number of aromatic nitrogens is 2. The Morgan fingerprint density at radius 2 is 1.82 bits per heavy atom. The molecule has 1 aromatic heterocycles. The predicted octanol–water partition coefficient (Wildman–Crippen LogP) is 4.25. The van der Waals surface area contributed by atoms with E-state index in [4.69, 9.17) is 0 Å². The van der Waals surface area contributed by atoms with Gasteiger partial charge in [-0.2, -0.15) is 5.10 Å². The van der Waals surface area contributed by atoms with Crippen LogP contribution in [0.5, 0.6) is 0 Å². The van der Waals surface area contributed by atoms with Gasteiger partial charge in [0.15, 0.2) is 0 Å². The molecular weight excluding hydrogens is 367 g/mol. The summed E-state index contributed by atoms with van der Waals surface area (Å²) in [6.45, 7) is 2.19. The van der Waals surface area contributed by atoms with E-state index in [1.54, 1.807) is 23.1 Å². The quantitative estimate of drug-likeness (QED) is 0.676. The Hall–Kier alpha value is -3.09. The van der Waals surface area contributed by atoms with Gasteiger partial charge >= 0.3 is 0 Å². The largest absolute Gasteiger partial charge is 0.338 e. The molecule has 0 N–H and O–H groups in total. The molecule has 0 aliphatic carbocycles. The number of halogens is 3. The van der Waals surface area contributed by atoms with Crippen molar-refractivity contribution in [2.24, 2.45) is 0 Å². The zero-order valence-electron chi connectivity index (χ0n) is 15.2. The zero-order chi connectivity index (χ0) is 19.8. The lowest BCUT2D eigenvalue weighted by Crippen LogP contribution is -2.35. The molecule has 7 heteroatoms. The molecule has 144 valence electrons. The van der Waals surface area contributed by atoms with Gasteiger partial charge in [-0.05, 0) is 30.3 Å². The van der Waals surface area contributed by atoms with Gasteiger partial charge in [0.2, 0.25) is 12.2 Å². The number of nitrogens with zero attached hydrogens (tertiary/aromatic N) is 3. The van der Waals surface area contributed by atoms with E-state index in [1.165, 1.54) is 41.9 Å². The first-order valence-electron chi connectivity index (χ1n) is 8.96. The van der Waals surface area contributed by atoms with Gasteiger partial charge in [0.05, 0.1) is 5.69 Å². The number of carbonyl (C=O) groups excluding carboxylic acids is 1. The van der Waals surface area contributed by atoms with Crippen LogP contribution in [-0.4, -0.2) is 27.1 Å². The summed E-state index contributed by atoms with van der Waals surface area (Å²) >= 11 is 0. The third-order valence-corrected chi connectivity index (χ3v) is 5.03. The van der Waals surface area contributed by atoms with E-state index in [2.05, 4.69) is 5.10 Å². The SMILES string of the molecule is CC(=O)N1CCc2c(c(-c3ccc(F)cc3)nn2C(F)c2ccccc2F)C1. The number of benzene rings is 2. The molecule has 0 saturated carbocycles. The maximum Gasteiger partial charge on any atom is 0.220 e. The first-order valence-corrected chi connectivity index (χ1v) is 8.96. The Balaban J connectivity index is 1.84. The molecule has 4 rings (SSSR count). The van der Waals surface area contributed by atoms with Crippen molar-refractivity contribution in [3.63, 3.8) is 0 Å². The van der Waals surface area contributed by atoms with E-state index in [0.29, 0.717) is 35.5 Å². The molecule has 0 fully saturated rings. The summed E-state index contributed by atoms with van der Waals surface area (Å²) in [5.74, 6) is -1.13.